The molecule has 1 amide bonds. The lowest BCUT2D eigenvalue weighted by Crippen LogP contribution is -2.44. The summed E-state index contributed by atoms with van der Waals surface area (Å²) < 4.78 is 37.1. The van der Waals surface area contributed by atoms with Crippen molar-refractivity contribution in [2.75, 3.05) is 0 Å². The number of esters is 1. The molecule has 8 nitrogen and oxygen atoms in total. The largest absolute Gasteiger partial charge is 0.508 e. The van der Waals surface area contributed by atoms with E-state index in [0.717, 1.165) is 11.6 Å². The Morgan fingerprint density at radius 3 is 2.20 bits per heavy atom. The van der Waals surface area contributed by atoms with Gasteiger partial charge in [-0.2, -0.15) is 0 Å². The van der Waals surface area contributed by atoms with Gasteiger partial charge in [-0.15, -0.1) is 0 Å². The first-order valence-electron chi connectivity index (χ1n) is 11.0. The number of carbonyl (C=O) groups is 2. The van der Waals surface area contributed by atoms with Gasteiger partial charge in [-0.1, -0.05) is 54.6 Å². The van der Waals surface area contributed by atoms with Gasteiger partial charge in [0.05, 0.1) is 15.9 Å². The zero-order valence-corrected chi connectivity index (χ0v) is 20.2. The van der Waals surface area contributed by atoms with Gasteiger partial charge in [0.2, 0.25) is 9.84 Å². The second-order valence-electron chi connectivity index (χ2n) is 8.06. The van der Waals surface area contributed by atoms with Gasteiger partial charge in [-0.05, 0) is 49.2 Å². The highest BCUT2D eigenvalue weighted by Gasteiger charge is 2.29. The third-order valence-corrected chi connectivity index (χ3v) is 6.81. The second-order valence-corrected chi connectivity index (χ2v) is 9.98. The SMILES string of the molecule is CC(C)OC(=O)[C@H](Cc1ccc(O)cc1S(=O)(=O)c1ccccc1)NC(=O)OCc1ccccc1. The molecule has 0 fully saturated rings. The van der Waals surface area contributed by atoms with E-state index >= 15 is 0 Å². The molecule has 0 saturated heterocycles. The van der Waals surface area contributed by atoms with Gasteiger partial charge in [-0.3, -0.25) is 0 Å². The number of nitrogens with one attached hydrogen (secondary N) is 1. The zero-order valence-electron chi connectivity index (χ0n) is 19.4. The highest BCUT2D eigenvalue weighted by atomic mass is 32.2. The predicted molar refractivity (Wildman–Crippen MR) is 128 cm³/mol. The van der Waals surface area contributed by atoms with Crippen molar-refractivity contribution in [3.05, 3.63) is 90.0 Å². The predicted octanol–water partition coefficient (Wildman–Crippen LogP) is 4.01. The Balaban J connectivity index is 1.87. The Kier molecular flexibility index (Phi) is 8.48. The van der Waals surface area contributed by atoms with Gasteiger partial charge < -0.3 is 19.9 Å². The van der Waals surface area contributed by atoms with Crippen LogP contribution in [0.5, 0.6) is 5.75 Å². The van der Waals surface area contributed by atoms with Crippen LogP contribution in [0.15, 0.2) is 88.7 Å². The first kappa shape index (κ1) is 25.8. The topological polar surface area (TPSA) is 119 Å². The highest BCUT2D eigenvalue weighted by Crippen LogP contribution is 2.28. The maximum absolute atomic E-state index is 13.3. The molecule has 3 rings (SSSR count). The number of amides is 1. The Labute approximate surface area is 204 Å². The van der Waals surface area contributed by atoms with Crippen molar-refractivity contribution < 1.29 is 32.6 Å². The smallest absolute Gasteiger partial charge is 0.408 e. The first-order valence-corrected chi connectivity index (χ1v) is 12.4. The number of hydrogen-bond acceptors (Lipinski definition) is 7. The summed E-state index contributed by atoms with van der Waals surface area (Å²) in [7, 11) is -4.02. The summed E-state index contributed by atoms with van der Waals surface area (Å²) in [5, 5.41) is 12.5. The molecule has 0 bridgehead atoms. The minimum atomic E-state index is -4.02. The molecule has 0 unspecified atom stereocenters. The van der Waals surface area contributed by atoms with E-state index in [1.54, 1.807) is 56.3 Å². The maximum Gasteiger partial charge on any atom is 0.408 e. The lowest BCUT2D eigenvalue weighted by atomic mass is 10.1. The molecular formula is C26H27NO7S. The molecule has 9 heteroatoms. The van der Waals surface area contributed by atoms with Crippen molar-refractivity contribution in [1.82, 2.24) is 5.32 Å². The number of rotatable bonds is 9. The van der Waals surface area contributed by atoms with Gasteiger partial charge >= 0.3 is 12.1 Å². The highest BCUT2D eigenvalue weighted by molar-refractivity contribution is 7.91. The molecule has 184 valence electrons. The fourth-order valence-corrected chi connectivity index (χ4v) is 4.87. The lowest BCUT2D eigenvalue weighted by Gasteiger charge is -2.20. The third kappa shape index (κ3) is 7.07. The molecule has 2 N–H and O–H groups in total. The van der Waals surface area contributed by atoms with Crippen LogP contribution in [-0.4, -0.2) is 37.7 Å². The van der Waals surface area contributed by atoms with E-state index in [-0.39, 0.29) is 34.1 Å². The van der Waals surface area contributed by atoms with Crippen molar-refractivity contribution in [3.8, 4) is 5.75 Å². The first-order chi connectivity index (χ1) is 16.7. The molecule has 35 heavy (non-hydrogen) atoms. The Bertz CT molecular complexity index is 1260. The van der Waals surface area contributed by atoms with Crippen LogP contribution >= 0.6 is 0 Å². The molecule has 0 aliphatic heterocycles. The number of phenols is 1. The van der Waals surface area contributed by atoms with Crippen molar-refractivity contribution in [3.63, 3.8) is 0 Å². The molecule has 0 saturated carbocycles. The molecular weight excluding hydrogens is 470 g/mol. The van der Waals surface area contributed by atoms with Crippen molar-refractivity contribution in [2.24, 2.45) is 0 Å². The van der Waals surface area contributed by atoms with Crippen molar-refractivity contribution >= 4 is 21.9 Å². The zero-order chi connectivity index (χ0) is 25.4. The fraction of sp³-hybridized carbons (Fsp3) is 0.231. The number of carbonyl (C=O) groups excluding carboxylic acids is 2. The molecule has 0 aliphatic carbocycles. The van der Waals surface area contributed by atoms with E-state index in [1.165, 1.54) is 24.3 Å². The van der Waals surface area contributed by atoms with E-state index in [4.69, 9.17) is 9.47 Å². The number of alkyl carbamates (subject to hydrolysis) is 1. The van der Waals surface area contributed by atoms with Gasteiger partial charge in [-0.25, -0.2) is 18.0 Å². The monoisotopic (exact) mass is 497 g/mol. The lowest BCUT2D eigenvalue weighted by molar-refractivity contribution is -0.149. The summed E-state index contributed by atoms with van der Waals surface area (Å²) in [5.74, 6) is -0.993. The van der Waals surface area contributed by atoms with Crippen LogP contribution in [0.1, 0.15) is 25.0 Å². The average molecular weight is 498 g/mol. The minimum absolute atomic E-state index is 0.00846. The van der Waals surface area contributed by atoms with Crippen LogP contribution in [0.2, 0.25) is 0 Å². The summed E-state index contributed by atoms with van der Waals surface area (Å²) >= 11 is 0. The quantitative estimate of drug-likeness (QED) is 0.429. The van der Waals surface area contributed by atoms with Gasteiger partial charge in [0.1, 0.15) is 18.4 Å². The van der Waals surface area contributed by atoms with Crippen LogP contribution in [0, 0.1) is 0 Å². The summed E-state index contributed by atoms with van der Waals surface area (Å²) in [6.07, 6.45) is -1.52. The summed E-state index contributed by atoms with van der Waals surface area (Å²) in [6, 6.07) is 19.4. The second kappa shape index (κ2) is 11.5. The third-order valence-electron chi connectivity index (χ3n) is 4.96. The molecule has 0 aromatic heterocycles. The van der Waals surface area contributed by atoms with Crippen LogP contribution in [0.4, 0.5) is 4.79 Å². The van der Waals surface area contributed by atoms with E-state index < -0.39 is 34.0 Å². The van der Waals surface area contributed by atoms with Crippen LogP contribution < -0.4 is 5.32 Å². The van der Waals surface area contributed by atoms with Crippen LogP contribution in [-0.2, 0) is 37.1 Å². The summed E-state index contributed by atoms with van der Waals surface area (Å²) in [5.41, 5.74) is 0.986. The van der Waals surface area contributed by atoms with Gasteiger partial charge in [0.15, 0.2) is 0 Å². The van der Waals surface area contributed by atoms with Crippen molar-refractivity contribution in [1.29, 1.82) is 0 Å². The number of aromatic hydroxyl groups is 1. The van der Waals surface area contributed by atoms with Crippen molar-refractivity contribution in [2.45, 2.75) is 48.8 Å². The molecule has 3 aromatic carbocycles. The number of hydrogen-bond donors (Lipinski definition) is 2. The van der Waals surface area contributed by atoms with Gasteiger partial charge in [0, 0.05) is 6.42 Å². The van der Waals surface area contributed by atoms with E-state index in [9.17, 15) is 23.1 Å². The number of benzene rings is 3. The fourth-order valence-electron chi connectivity index (χ4n) is 3.32. The van der Waals surface area contributed by atoms with Crippen LogP contribution in [0.3, 0.4) is 0 Å². The summed E-state index contributed by atoms with van der Waals surface area (Å²) in [4.78, 5) is 25.1. The number of sulfone groups is 1. The Morgan fingerprint density at radius 2 is 1.57 bits per heavy atom. The standard InChI is InChI=1S/C26H27NO7S/c1-18(2)34-25(29)23(27-26(30)33-17-19-9-5-3-6-10-19)15-20-13-14-21(28)16-24(20)35(31,32)22-11-7-4-8-12-22/h3-14,16,18,23,28H,15,17H2,1-2H3,(H,27,30)/t23-/m0/s1. The maximum atomic E-state index is 13.3. The molecule has 0 heterocycles. The number of phenolic OH excluding ortho intramolecular Hbond substituents is 1. The summed E-state index contributed by atoms with van der Waals surface area (Å²) in [6.45, 7) is 3.31. The van der Waals surface area contributed by atoms with Crippen LogP contribution in [0.25, 0.3) is 0 Å². The molecule has 0 spiro atoms. The molecule has 0 aliphatic rings. The Hall–Kier alpha value is -3.85. The molecule has 3 aromatic rings. The minimum Gasteiger partial charge on any atom is -0.508 e. The Morgan fingerprint density at radius 1 is 0.943 bits per heavy atom. The van der Waals surface area contributed by atoms with Gasteiger partial charge in [0.25, 0.3) is 0 Å². The van der Waals surface area contributed by atoms with E-state index in [0.29, 0.717) is 0 Å². The normalized spacial score (nSPS) is 12.1. The van der Waals surface area contributed by atoms with E-state index in [1.807, 2.05) is 6.07 Å². The molecule has 1 atom stereocenters. The van der Waals surface area contributed by atoms with E-state index in [2.05, 4.69) is 5.32 Å². The molecule has 0 radical (unpaired) electrons. The average Bonchev–Trinajstić information content (AvgIpc) is 2.84. The number of ether oxygens (including phenoxy) is 2.